The highest BCUT2D eigenvalue weighted by atomic mass is 19.3. The number of likely N-dealkylation sites (tertiary alicyclic amines) is 3. The average molecular weight is 1390 g/mol. The summed E-state index contributed by atoms with van der Waals surface area (Å²) in [6, 6.07) is 22.8. The monoisotopic (exact) mass is 1390 g/mol. The number of aliphatic hydroxyl groups is 1. The van der Waals surface area contributed by atoms with Gasteiger partial charge in [0.1, 0.15) is 0 Å². The molecule has 5 rings (SSSR count). The van der Waals surface area contributed by atoms with Crippen molar-refractivity contribution in [1.82, 2.24) is 39.2 Å². The van der Waals surface area contributed by atoms with Gasteiger partial charge in [-0.3, -0.25) is 38.4 Å². The highest BCUT2D eigenvalue weighted by Crippen LogP contribution is 2.13. The van der Waals surface area contributed by atoms with E-state index in [0.29, 0.717) is 55.9 Å². The fourth-order valence-corrected chi connectivity index (χ4v) is 9.81. The van der Waals surface area contributed by atoms with E-state index in [0.717, 1.165) is 147 Å². The summed E-state index contributed by atoms with van der Waals surface area (Å²) >= 11 is 0. The molecular weight excluding hydrogens is 1270 g/mol. The van der Waals surface area contributed by atoms with E-state index in [9.17, 15) is 47.1 Å². The smallest absolute Gasteiger partial charge is 0.255 e. The van der Waals surface area contributed by atoms with Gasteiger partial charge in [-0.15, -0.1) is 0 Å². The number of hydrogen-bond donors (Lipinski definition) is 1. The fraction of sp³-hybridized carbons (Fsp3) is 0.519. The lowest BCUT2D eigenvalue weighted by molar-refractivity contribution is -0.128. The Hall–Kier alpha value is -9.08. The van der Waals surface area contributed by atoms with Gasteiger partial charge in [-0.1, -0.05) is 127 Å². The molecule has 8 amide bonds. The van der Waals surface area contributed by atoms with Gasteiger partial charge >= 0.3 is 0 Å². The Morgan fingerprint density at radius 1 is 0.520 bits per heavy atom. The number of alkyl halides is 2. The molecule has 19 nitrogen and oxygen atoms in total. The molecule has 0 spiro atoms. The third-order valence-electron chi connectivity index (χ3n) is 15.1. The predicted octanol–water partition coefficient (Wildman–Crippen LogP) is 12.6. The van der Waals surface area contributed by atoms with Crippen molar-refractivity contribution in [3.05, 3.63) is 183 Å². The molecule has 3 fully saturated rings. The number of likely N-dealkylation sites (N-methyl/N-ethyl adjacent to an activating group) is 1. The van der Waals surface area contributed by atoms with Crippen LogP contribution in [0.5, 0.6) is 0 Å². The van der Waals surface area contributed by atoms with E-state index in [-0.39, 0.29) is 60.9 Å². The van der Waals surface area contributed by atoms with E-state index in [2.05, 4.69) is 106 Å². The number of halogens is 2. The van der Waals surface area contributed by atoms with Gasteiger partial charge in [0, 0.05) is 108 Å². The van der Waals surface area contributed by atoms with Gasteiger partial charge in [0.15, 0.2) is 0 Å². The molecule has 0 bridgehead atoms. The van der Waals surface area contributed by atoms with Gasteiger partial charge < -0.3 is 49.2 Å². The molecule has 554 valence electrons. The van der Waals surface area contributed by atoms with Gasteiger partial charge in [-0.25, -0.2) is 15.4 Å². The van der Waals surface area contributed by atoms with Crippen LogP contribution in [0.2, 0.25) is 0 Å². The van der Waals surface area contributed by atoms with E-state index in [1.54, 1.807) is 30.6 Å². The molecule has 1 N–H and O–H groups in total. The third-order valence-corrected chi connectivity index (χ3v) is 15.1. The number of aryl methyl sites for hydroxylation is 2. The second-order valence-electron chi connectivity index (χ2n) is 23.4. The molecule has 3 aliphatic rings. The Labute approximate surface area is 599 Å². The lowest BCUT2D eigenvalue weighted by Crippen LogP contribution is -2.35. The summed E-state index contributed by atoms with van der Waals surface area (Å²) in [4.78, 5) is 106. The lowest BCUT2D eigenvalue weighted by atomic mass is 10.1. The van der Waals surface area contributed by atoms with Crippen LogP contribution in [0, 0.1) is 17.9 Å². The summed E-state index contributed by atoms with van der Waals surface area (Å²) in [7, 11) is 0. The number of hydrogen-bond acceptors (Lipinski definition) is 10. The van der Waals surface area contributed by atoms with Crippen LogP contribution in [-0.4, -0.2) is 216 Å². The number of rotatable bonds is 30. The van der Waals surface area contributed by atoms with Crippen LogP contribution in [-0.2, 0) is 51.2 Å². The lowest BCUT2D eigenvalue weighted by Gasteiger charge is -2.26. The topological polar surface area (TPSA) is 211 Å². The van der Waals surface area contributed by atoms with Crippen LogP contribution in [0.15, 0.2) is 160 Å². The predicted molar refractivity (Wildman–Crippen MR) is 401 cm³/mol. The van der Waals surface area contributed by atoms with Crippen molar-refractivity contribution in [3.8, 4) is 6.07 Å². The van der Waals surface area contributed by atoms with Crippen LogP contribution in [0.25, 0.3) is 4.85 Å². The number of carbonyl (C=O) groups is 8. The number of nitriles is 1. The standard InChI is InChI=1S/C22H27NO.C9H11N3O.C9H15NO.C8H13F2NO.C8H15NO2.C8H13NO.C8H15NO.C7H11NO/c1-19(2)22(24)23(17-9-15-20-11-5-3-6-12-20)18-10-16-21-13-7-4-8-14-21;1-3-9(13)12(7-4-5-10)8-6-11-2;1-8(2)9(11)10-6-4-3-5-7-10;1-3-5-11(6-7(9)10)8(12)4-2;1-3-5-9(6-7-10)8(11)4-2;1-2-8(10)9-6-4-3-5-7-9;1-5-9(6-2)8(10)7(3)4;1-2-7(9)8-5-3-4-6-8/h3-8,11-14H,1,9-10,15-18H2,2H3;3H,1,4,6-8H2;1,3-7H2,2H3;4,7H,2-3,5-6H2,1H3;4,10H,2-3,5-7H2,1H3;2H,1,3-7H2;3,5-6H2,1-2,4H3;2H,1,3-6H2. The largest absolute Gasteiger partial charge is 0.395 e. The number of piperidine rings is 2. The van der Waals surface area contributed by atoms with Crippen LogP contribution in [0.3, 0.4) is 0 Å². The van der Waals surface area contributed by atoms with E-state index in [4.69, 9.17) is 16.9 Å². The molecule has 3 aliphatic heterocycles. The number of aliphatic hydroxyl groups excluding tert-OH is 1. The molecule has 3 heterocycles. The number of nitrogens with zero attached hydrogens (tertiary/aromatic N) is 10. The SMILES string of the molecule is C=C(C)C(=O)N(CC)CC.C=C(C)C(=O)N(CCCc1ccccc1)CCCc1ccccc1.C=C(C)C(=O)N1CCCCC1.C=CC(=O)N(CCC)CC(F)F.C=CC(=O)N(CCC)CCO.C=CC(=O)N1CCCC1.C=CC(=O)N1CCCCC1.[C-]#[N+]CCN(CCC#N)C(=O)C=C. The first-order valence-corrected chi connectivity index (χ1v) is 34.9. The maximum Gasteiger partial charge on any atom is 0.255 e. The minimum absolute atomic E-state index is 0.0135. The molecule has 0 atom stereocenters. The van der Waals surface area contributed by atoms with Gasteiger partial charge in [-0.2, -0.15) is 5.26 Å². The van der Waals surface area contributed by atoms with E-state index < -0.39 is 18.9 Å². The molecule has 0 aliphatic carbocycles. The molecule has 21 heteroatoms. The van der Waals surface area contributed by atoms with Crippen LogP contribution >= 0.6 is 0 Å². The summed E-state index contributed by atoms with van der Waals surface area (Å²) in [5.41, 5.74) is 4.54. The van der Waals surface area contributed by atoms with Crippen molar-refractivity contribution in [3.63, 3.8) is 0 Å². The maximum atomic E-state index is 12.4. The zero-order valence-electron chi connectivity index (χ0n) is 61.7. The normalized spacial score (nSPS) is 12.2. The Balaban J connectivity index is -0.00000110. The van der Waals surface area contributed by atoms with Crippen molar-refractivity contribution >= 4 is 47.3 Å². The second-order valence-corrected chi connectivity index (χ2v) is 23.4. The summed E-state index contributed by atoms with van der Waals surface area (Å²) in [5, 5.41) is 16.9. The van der Waals surface area contributed by atoms with Crippen LogP contribution < -0.4 is 0 Å². The molecule has 2 aromatic carbocycles. The van der Waals surface area contributed by atoms with Crippen molar-refractivity contribution < 1.29 is 52.2 Å². The summed E-state index contributed by atoms with van der Waals surface area (Å²) in [6.07, 6.45) is 19.1. The van der Waals surface area contributed by atoms with E-state index >= 15 is 0 Å². The third kappa shape index (κ3) is 47.0. The first kappa shape index (κ1) is 95.1. The number of benzene rings is 2. The van der Waals surface area contributed by atoms with E-state index in [1.165, 1.54) is 53.2 Å². The molecule has 2 aromatic rings. The van der Waals surface area contributed by atoms with Gasteiger partial charge in [-0.05, 0) is 166 Å². The Bertz CT molecular complexity index is 2760. The molecule has 0 aromatic heterocycles. The quantitative estimate of drug-likeness (QED) is 0.0577. The van der Waals surface area contributed by atoms with Gasteiger partial charge in [0.05, 0.1) is 32.2 Å². The summed E-state index contributed by atoms with van der Waals surface area (Å²) in [6.45, 7) is 58.1. The van der Waals surface area contributed by atoms with Crippen molar-refractivity contribution in [2.24, 2.45) is 0 Å². The van der Waals surface area contributed by atoms with E-state index in [1.807, 2.05) is 65.5 Å². The van der Waals surface area contributed by atoms with Crippen LogP contribution in [0.1, 0.15) is 143 Å². The van der Waals surface area contributed by atoms with Crippen LogP contribution in [0.4, 0.5) is 8.78 Å². The Morgan fingerprint density at radius 2 is 0.890 bits per heavy atom. The van der Waals surface area contributed by atoms with Gasteiger partial charge in [0.2, 0.25) is 53.8 Å². The Kier molecular flexibility index (Phi) is 59.1. The highest BCUT2D eigenvalue weighted by Gasteiger charge is 2.19. The molecular formula is C79H120F2N10O9. The zero-order valence-corrected chi connectivity index (χ0v) is 61.7. The minimum atomic E-state index is -2.47. The minimum Gasteiger partial charge on any atom is -0.395 e. The number of carbonyl (C=O) groups excluding carboxylic acids is 8. The molecule has 3 saturated heterocycles. The molecule has 0 unspecified atom stereocenters. The summed E-state index contributed by atoms with van der Waals surface area (Å²) in [5.74, 6) is -0.338. The zero-order chi connectivity index (χ0) is 76.1. The Morgan fingerprint density at radius 3 is 1.21 bits per heavy atom. The first-order chi connectivity index (χ1) is 47.8. The van der Waals surface area contributed by atoms with Crippen molar-refractivity contribution in [2.75, 3.05) is 118 Å². The fourth-order valence-electron chi connectivity index (χ4n) is 9.81. The maximum absolute atomic E-state index is 12.4. The number of amides is 8. The molecule has 0 saturated carbocycles. The first-order valence-electron chi connectivity index (χ1n) is 34.9. The summed E-state index contributed by atoms with van der Waals surface area (Å²) < 4.78 is 23.8. The van der Waals surface area contributed by atoms with Gasteiger partial charge in [0.25, 0.3) is 6.43 Å². The van der Waals surface area contributed by atoms with Crippen molar-refractivity contribution in [1.29, 1.82) is 5.26 Å². The second kappa shape index (κ2) is 62.2. The van der Waals surface area contributed by atoms with Crippen molar-refractivity contribution in [2.45, 2.75) is 151 Å². The molecule has 0 radical (unpaired) electrons. The average Bonchev–Trinajstić information content (AvgIpc) is 1.76. The molecule has 100 heavy (non-hydrogen) atoms. The highest BCUT2D eigenvalue weighted by molar-refractivity contribution is 5.93.